The molecule has 1 rings (SSSR count). The minimum atomic E-state index is -3.06. The van der Waals surface area contributed by atoms with E-state index < -0.39 is 20.6 Å². The van der Waals surface area contributed by atoms with Crippen molar-refractivity contribution >= 4 is 9.84 Å². The summed E-state index contributed by atoms with van der Waals surface area (Å²) in [5, 5.41) is 11.5. The van der Waals surface area contributed by atoms with E-state index >= 15 is 0 Å². The standard InChI is InChI=1S/C9H16N2O2S/c1-3-5-11-9(7-10)4-6-14(12,13)8(9)2/h8,11H,3-6H2,1-2H3. The minimum absolute atomic E-state index is 0.123. The maximum absolute atomic E-state index is 11.5. The first-order valence-electron chi connectivity index (χ1n) is 4.86. The van der Waals surface area contributed by atoms with Crippen LogP contribution in [-0.4, -0.2) is 31.5 Å². The summed E-state index contributed by atoms with van der Waals surface area (Å²) in [7, 11) is -3.06. The molecule has 4 nitrogen and oxygen atoms in total. The Bertz CT molecular complexity index is 344. The molecule has 2 atom stereocenters. The molecule has 0 bridgehead atoms. The molecule has 0 aromatic rings. The van der Waals surface area contributed by atoms with Crippen molar-refractivity contribution < 1.29 is 8.42 Å². The molecule has 1 saturated heterocycles. The molecule has 14 heavy (non-hydrogen) atoms. The fraction of sp³-hybridized carbons (Fsp3) is 0.889. The number of hydrogen-bond acceptors (Lipinski definition) is 4. The van der Waals surface area contributed by atoms with Gasteiger partial charge in [0.25, 0.3) is 0 Å². The van der Waals surface area contributed by atoms with Crippen LogP contribution < -0.4 is 5.32 Å². The van der Waals surface area contributed by atoms with E-state index in [2.05, 4.69) is 11.4 Å². The van der Waals surface area contributed by atoms with Crippen molar-refractivity contribution in [1.82, 2.24) is 5.32 Å². The fourth-order valence-electron chi connectivity index (χ4n) is 1.76. The Morgan fingerprint density at radius 3 is 2.64 bits per heavy atom. The van der Waals surface area contributed by atoms with Crippen molar-refractivity contribution in [1.29, 1.82) is 5.26 Å². The summed E-state index contributed by atoms with van der Waals surface area (Å²) in [6, 6.07) is 2.13. The lowest BCUT2D eigenvalue weighted by atomic mass is 9.94. The van der Waals surface area contributed by atoms with Crippen molar-refractivity contribution in [2.45, 2.75) is 37.5 Å². The van der Waals surface area contributed by atoms with Crippen molar-refractivity contribution in [3.05, 3.63) is 0 Å². The Labute approximate surface area is 85.2 Å². The highest BCUT2D eigenvalue weighted by molar-refractivity contribution is 7.92. The van der Waals surface area contributed by atoms with E-state index in [9.17, 15) is 8.42 Å². The van der Waals surface area contributed by atoms with Crippen LogP contribution in [0.5, 0.6) is 0 Å². The lowest BCUT2D eigenvalue weighted by molar-refractivity contribution is 0.410. The first-order valence-corrected chi connectivity index (χ1v) is 6.58. The zero-order chi connectivity index (χ0) is 10.8. The quantitative estimate of drug-likeness (QED) is 0.744. The second kappa shape index (κ2) is 3.87. The third-order valence-electron chi connectivity index (χ3n) is 2.90. The molecule has 2 unspecified atom stereocenters. The molecule has 0 aromatic carbocycles. The van der Waals surface area contributed by atoms with E-state index in [-0.39, 0.29) is 5.75 Å². The molecule has 0 spiro atoms. The molecule has 0 aromatic heterocycles. The molecule has 1 aliphatic rings. The summed E-state index contributed by atoms with van der Waals surface area (Å²) in [4.78, 5) is 0. The van der Waals surface area contributed by atoms with Crippen molar-refractivity contribution in [2.24, 2.45) is 0 Å². The predicted molar refractivity (Wildman–Crippen MR) is 54.5 cm³/mol. The van der Waals surface area contributed by atoms with E-state index in [4.69, 9.17) is 5.26 Å². The first kappa shape index (κ1) is 11.5. The van der Waals surface area contributed by atoms with Gasteiger partial charge in [0.15, 0.2) is 9.84 Å². The lowest BCUT2D eigenvalue weighted by Crippen LogP contribution is -2.50. The van der Waals surface area contributed by atoms with Gasteiger partial charge in [0.1, 0.15) is 5.54 Å². The summed E-state index contributed by atoms with van der Waals surface area (Å²) in [5.74, 6) is 0.123. The molecule has 80 valence electrons. The Morgan fingerprint density at radius 2 is 2.29 bits per heavy atom. The second-order valence-electron chi connectivity index (χ2n) is 3.77. The molecule has 1 heterocycles. The van der Waals surface area contributed by atoms with Crippen LogP contribution >= 0.6 is 0 Å². The van der Waals surface area contributed by atoms with Gasteiger partial charge in [0, 0.05) is 0 Å². The van der Waals surface area contributed by atoms with E-state index in [1.54, 1.807) is 6.92 Å². The Balaban J connectivity index is 2.89. The molecule has 5 heteroatoms. The summed E-state index contributed by atoms with van der Waals surface area (Å²) >= 11 is 0. The molecule has 1 aliphatic heterocycles. The summed E-state index contributed by atoms with van der Waals surface area (Å²) in [6.45, 7) is 4.30. The molecule has 1 fully saturated rings. The third kappa shape index (κ3) is 1.77. The van der Waals surface area contributed by atoms with Gasteiger partial charge >= 0.3 is 0 Å². The summed E-state index contributed by atoms with van der Waals surface area (Å²) in [5.41, 5.74) is -0.852. The molecule has 0 amide bonds. The van der Waals surface area contributed by atoms with Crippen LogP contribution in [0.1, 0.15) is 26.7 Å². The maximum Gasteiger partial charge on any atom is 0.155 e. The van der Waals surface area contributed by atoms with Gasteiger partial charge in [0.05, 0.1) is 17.1 Å². The highest BCUT2D eigenvalue weighted by atomic mass is 32.2. The van der Waals surface area contributed by atoms with Gasteiger partial charge in [-0.25, -0.2) is 8.42 Å². The average Bonchev–Trinajstić information content (AvgIpc) is 2.39. The van der Waals surface area contributed by atoms with E-state index in [0.29, 0.717) is 13.0 Å². The van der Waals surface area contributed by atoms with E-state index in [1.807, 2.05) is 6.92 Å². The molecular weight excluding hydrogens is 200 g/mol. The molecule has 0 aliphatic carbocycles. The van der Waals surface area contributed by atoms with Crippen LogP contribution in [0.3, 0.4) is 0 Å². The maximum atomic E-state index is 11.5. The third-order valence-corrected chi connectivity index (χ3v) is 5.16. The normalized spacial score (nSPS) is 35.4. The highest BCUT2D eigenvalue weighted by Gasteiger charge is 2.49. The number of sulfone groups is 1. The van der Waals surface area contributed by atoms with Crippen molar-refractivity contribution in [3.8, 4) is 6.07 Å². The second-order valence-corrected chi connectivity index (χ2v) is 6.21. The molecule has 0 radical (unpaired) electrons. The van der Waals surface area contributed by atoms with Crippen LogP contribution in [0, 0.1) is 11.3 Å². The van der Waals surface area contributed by atoms with Gasteiger partial charge in [-0.05, 0) is 26.3 Å². The monoisotopic (exact) mass is 216 g/mol. The van der Waals surface area contributed by atoms with Crippen LogP contribution in [0.25, 0.3) is 0 Å². The predicted octanol–water partition coefficient (Wildman–Crippen LogP) is 0.455. The molecule has 0 saturated carbocycles. The summed E-state index contributed by atoms with van der Waals surface area (Å²) in [6.07, 6.45) is 1.31. The molecule has 1 N–H and O–H groups in total. The Hall–Kier alpha value is -0.600. The van der Waals surface area contributed by atoms with E-state index in [0.717, 1.165) is 6.42 Å². The van der Waals surface area contributed by atoms with Gasteiger partial charge < -0.3 is 0 Å². The average molecular weight is 216 g/mol. The number of rotatable bonds is 3. The number of nitrogens with one attached hydrogen (secondary N) is 1. The van der Waals surface area contributed by atoms with Gasteiger partial charge in [0.2, 0.25) is 0 Å². The van der Waals surface area contributed by atoms with Crippen molar-refractivity contribution in [2.75, 3.05) is 12.3 Å². The van der Waals surface area contributed by atoms with Crippen LogP contribution in [0.2, 0.25) is 0 Å². The van der Waals surface area contributed by atoms with E-state index in [1.165, 1.54) is 0 Å². The smallest absolute Gasteiger partial charge is 0.155 e. The van der Waals surface area contributed by atoms with Crippen LogP contribution in [0.4, 0.5) is 0 Å². The summed E-state index contributed by atoms with van der Waals surface area (Å²) < 4.78 is 23.0. The van der Waals surface area contributed by atoms with Gasteiger partial charge in [-0.1, -0.05) is 6.92 Å². The number of hydrogen-bond donors (Lipinski definition) is 1. The largest absolute Gasteiger partial charge is 0.298 e. The minimum Gasteiger partial charge on any atom is -0.298 e. The van der Waals surface area contributed by atoms with Gasteiger partial charge in [-0.3, -0.25) is 5.32 Å². The fourth-order valence-corrected chi connectivity index (χ4v) is 3.58. The molecular formula is C9H16N2O2S. The van der Waals surface area contributed by atoms with Gasteiger partial charge in [-0.2, -0.15) is 5.26 Å². The van der Waals surface area contributed by atoms with Crippen molar-refractivity contribution in [3.63, 3.8) is 0 Å². The van der Waals surface area contributed by atoms with Crippen LogP contribution in [-0.2, 0) is 9.84 Å². The van der Waals surface area contributed by atoms with Gasteiger partial charge in [-0.15, -0.1) is 0 Å². The first-order chi connectivity index (χ1) is 6.48. The lowest BCUT2D eigenvalue weighted by Gasteiger charge is -2.25. The highest BCUT2D eigenvalue weighted by Crippen LogP contribution is 2.30. The Morgan fingerprint density at radius 1 is 1.64 bits per heavy atom. The van der Waals surface area contributed by atoms with Crippen LogP contribution in [0.15, 0.2) is 0 Å². The zero-order valence-electron chi connectivity index (χ0n) is 8.58. The SMILES string of the molecule is CCCNC1(C#N)CCS(=O)(=O)C1C. The Kier molecular flexibility index (Phi) is 3.17. The zero-order valence-corrected chi connectivity index (χ0v) is 9.39. The number of nitrogens with zero attached hydrogens (tertiary/aromatic N) is 1. The number of nitriles is 1. The topological polar surface area (TPSA) is 70.0 Å².